The molecule has 2 N–H and O–H groups in total. The van der Waals surface area contributed by atoms with E-state index in [2.05, 4.69) is 15.0 Å². The molecular weight excluding hydrogens is 290 g/mol. The lowest BCUT2D eigenvalue weighted by Crippen LogP contribution is -2.15. The van der Waals surface area contributed by atoms with Gasteiger partial charge in [0.1, 0.15) is 11.6 Å². The molecule has 0 saturated heterocycles. The van der Waals surface area contributed by atoms with Crippen LogP contribution in [0, 0.1) is 0 Å². The highest BCUT2D eigenvalue weighted by Gasteiger charge is 2.08. The molecule has 0 atom stereocenters. The molecule has 1 heterocycles. The quantitative estimate of drug-likeness (QED) is 0.857. The van der Waals surface area contributed by atoms with Crippen LogP contribution in [0.3, 0.4) is 0 Å². The highest BCUT2D eigenvalue weighted by molar-refractivity contribution is 7.92. The van der Waals surface area contributed by atoms with Crippen molar-refractivity contribution >= 4 is 27.2 Å². The maximum Gasteiger partial charge on any atom is 0.233 e. The molecule has 7 heteroatoms. The summed E-state index contributed by atoms with van der Waals surface area (Å²) >= 11 is 0. The number of nitrogens with one attached hydrogen (secondary N) is 2. The van der Waals surface area contributed by atoms with E-state index in [1.54, 1.807) is 32.4 Å². The second-order valence-corrected chi connectivity index (χ2v) is 6.27. The van der Waals surface area contributed by atoms with Gasteiger partial charge in [-0.3, -0.25) is 4.72 Å². The van der Waals surface area contributed by atoms with Crippen LogP contribution < -0.4 is 14.8 Å². The first-order chi connectivity index (χ1) is 10.0. The topological polar surface area (TPSA) is 80.3 Å². The Morgan fingerprint density at radius 1 is 1.19 bits per heavy atom. The van der Waals surface area contributed by atoms with Crippen molar-refractivity contribution in [2.45, 2.75) is 6.92 Å². The Bertz CT molecular complexity index is 700. The molecule has 1 aromatic heterocycles. The smallest absolute Gasteiger partial charge is 0.233 e. The molecule has 2 aromatic rings. The number of pyridine rings is 1. The number of benzene rings is 1. The van der Waals surface area contributed by atoms with E-state index < -0.39 is 10.0 Å². The van der Waals surface area contributed by atoms with Crippen molar-refractivity contribution in [1.82, 2.24) is 4.98 Å². The highest BCUT2D eigenvalue weighted by Crippen LogP contribution is 2.26. The molecule has 1 aromatic carbocycles. The van der Waals surface area contributed by atoms with Crippen LogP contribution in [0.1, 0.15) is 6.92 Å². The Morgan fingerprint density at radius 3 is 2.57 bits per heavy atom. The van der Waals surface area contributed by atoms with Crippen LogP contribution in [0.25, 0.3) is 0 Å². The van der Waals surface area contributed by atoms with Gasteiger partial charge in [0, 0.05) is 0 Å². The fraction of sp³-hybridized carbons (Fsp3) is 0.214. The number of hydrogen-bond donors (Lipinski definition) is 2. The van der Waals surface area contributed by atoms with Gasteiger partial charge in [-0.25, -0.2) is 13.4 Å². The van der Waals surface area contributed by atoms with Crippen molar-refractivity contribution in [1.29, 1.82) is 0 Å². The number of anilines is 3. The van der Waals surface area contributed by atoms with Crippen molar-refractivity contribution in [2.24, 2.45) is 0 Å². The normalized spacial score (nSPS) is 11.0. The average Bonchev–Trinajstić information content (AvgIpc) is 2.49. The molecule has 0 fully saturated rings. The fourth-order valence-electron chi connectivity index (χ4n) is 1.66. The Kier molecular flexibility index (Phi) is 4.64. The van der Waals surface area contributed by atoms with Crippen molar-refractivity contribution < 1.29 is 13.2 Å². The summed E-state index contributed by atoms with van der Waals surface area (Å²) in [6.07, 6.45) is 1.56. The minimum atomic E-state index is -3.31. The molecule has 0 aliphatic rings. The van der Waals surface area contributed by atoms with Gasteiger partial charge in [-0.2, -0.15) is 0 Å². The van der Waals surface area contributed by atoms with E-state index in [0.717, 1.165) is 11.4 Å². The summed E-state index contributed by atoms with van der Waals surface area (Å²) in [7, 11) is -1.71. The lowest BCUT2D eigenvalue weighted by atomic mass is 10.3. The van der Waals surface area contributed by atoms with Gasteiger partial charge in [0.25, 0.3) is 0 Å². The summed E-state index contributed by atoms with van der Waals surface area (Å²) in [6, 6.07) is 10.8. The van der Waals surface area contributed by atoms with Crippen LogP contribution in [-0.4, -0.2) is 26.3 Å². The minimum absolute atomic E-state index is 0.00982. The van der Waals surface area contributed by atoms with E-state index in [1.807, 2.05) is 24.3 Å². The first kappa shape index (κ1) is 15.1. The maximum absolute atomic E-state index is 11.4. The first-order valence-electron chi connectivity index (χ1n) is 6.40. The third kappa shape index (κ3) is 4.09. The number of rotatable bonds is 6. The Morgan fingerprint density at radius 2 is 1.95 bits per heavy atom. The molecule has 0 bridgehead atoms. The Balaban J connectivity index is 2.13. The second-order valence-electron chi connectivity index (χ2n) is 4.26. The number of hydrogen-bond acceptors (Lipinski definition) is 5. The molecule has 6 nitrogen and oxygen atoms in total. The van der Waals surface area contributed by atoms with Gasteiger partial charge < -0.3 is 10.1 Å². The summed E-state index contributed by atoms with van der Waals surface area (Å²) in [4.78, 5) is 4.07. The van der Waals surface area contributed by atoms with Crippen molar-refractivity contribution in [3.63, 3.8) is 0 Å². The summed E-state index contributed by atoms with van der Waals surface area (Å²) in [5, 5.41) is 3.16. The van der Waals surface area contributed by atoms with Crippen molar-refractivity contribution in [2.75, 3.05) is 22.9 Å². The van der Waals surface area contributed by atoms with E-state index in [9.17, 15) is 8.42 Å². The standard InChI is InChI=1S/C14H17N3O3S/c1-3-21(18,19)17-14-9-8-11(10-15-14)16-12-6-4-5-7-13(12)20-2/h4-10,16H,3H2,1-2H3,(H,15,17). The molecule has 0 saturated carbocycles. The molecule has 0 radical (unpaired) electrons. The zero-order valence-electron chi connectivity index (χ0n) is 11.8. The largest absolute Gasteiger partial charge is 0.495 e. The number of ether oxygens (including phenoxy) is 1. The van der Waals surface area contributed by atoms with Crippen LogP contribution in [0.15, 0.2) is 42.6 Å². The number of methoxy groups -OCH3 is 1. The molecule has 0 spiro atoms. The third-order valence-corrected chi connectivity index (χ3v) is 4.07. The van der Waals surface area contributed by atoms with Crippen LogP contribution in [-0.2, 0) is 10.0 Å². The number of sulfonamides is 1. The zero-order chi connectivity index (χ0) is 15.3. The molecule has 2 rings (SSSR count). The van der Waals surface area contributed by atoms with Crippen LogP contribution >= 0.6 is 0 Å². The van der Waals surface area contributed by atoms with Crippen LogP contribution in [0.4, 0.5) is 17.2 Å². The van der Waals surface area contributed by atoms with Gasteiger partial charge in [0.05, 0.1) is 30.4 Å². The SMILES string of the molecule is CCS(=O)(=O)Nc1ccc(Nc2ccccc2OC)cn1. The molecule has 0 aliphatic carbocycles. The van der Waals surface area contributed by atoms with Gasteiger partial charge in [-0.05, 0) is 31.2 Å². The minimum Gasteiger partial charge on any atom is -0.495 e. The van der Waals surface area contributed by atoms with E-state index in [4.69, 9.17) is 4.74 Å². The summed E-state index contributed by atoms with van der Waals surface area (Å²) < 4.78 is 30.5. The van der Waals surface area contributed by atoms with Crippen LogP contribution in [0.2, 0.25) is 0 Å². The predicted molar refractivity (Wildman–Crippen MR) is 83.6 cm³/mol. The molecule has 21 heavy (non-hydrogen) atoms. The fourth-order valence-corrected chi connectivity index (χ4v) is 2.25. The number of nitrogens with zero attached hydrogens (tertiary/aromatic N) is 1. The molecule has 0 amide bonds. The second kappa shape index (κ2) is 6.45. The molecule has 0 unspecified atom stereocenters. The molecule has 112 valence electrons. The first-order valence-corrected chi connectivity index (χ1v) is 8.06. The third-order valence-electron chi connectivity index (χ3n) is 2.79. The molecule has 0 aliphatic heterocycles. The highest BCUT2D eigenvalue weighted by atomic mass is 32.2. The van der Waals surface area contributed by atoms with Gasteiger partial charge in [0.15, 0.2) is 0 Å². The number of para-hydroxylation sites is 2. The van der Waals surface area contributed by atoms with Crippen molar-refractivity contribution in [3.05, 3.63) is 42.6 Å². The lowest BCUT2D eigenvalue weighted by Gasteiger charge is -2.11. The average molecular weight is 307 g/mol. The van der Waals surface area contributed by atoms with Crippen molar-refractivity contribution in [3.8, 4) is 5.75 Å². The predicted octanol–water partition coefficient (Wildman–Crippen LogP) is 2.60. The van der Waals surface area contributed by atoms with E-state index in [1.165, 1.54) is 0 Å². The van der Waals surface area contributed by atoms with Gasteiger partial charge in [-0.1, -0.05) is 12.1 Å². The maximum atomic E-state index is 11.4. The summed E-state index contributed by atoms with van der Waals surface area (Å²) in [5.74, 6) is 1.02. The van der Waals surface area contributed by atoms with E-state index >= 15 is 0 Å². The van der Waals surface area contributed by atoms with Gasteiger partial charge >= 0.3 is 0 Å². The van der Waals surface area contributed by atoms with Crippen LogP contribution in [0.5, 0.6) is 5.75 Å². The van der Waals surface area contributed by atoms with E-state index in [-0.39, 0.29) is 5.75 Å². The number of aromatic nitrogens is 1. The summed E-state index contributed by atoms with van der Waals surface area (Å²) in [6.45, 7) is 1.57. The van der Waals surface area contributed by atoms with Gasteiger partial charge in [-0.15, -0.1) is 0 Å². The Labute approximate surface area is 124 Å². The zero-order valence-corrected chi connectivity index (χ0v) is 12.6. The lowest BCUT2D eigenvalue weighted by molar-refractivity contribution is 0.417. The van der Waals surface area contributed by atoms with E-state index in [0.29, 0.717) is 11.6 Å². The van der Waals surface area contributed by atoms with Gasteiger partial charge in [0.2, 0.25) is 10.0 Å². The Hall–Kier alpha value is -2.28. The summed E-state index contributed by atoms with van der Waals surface area (Å²) in [5.41, 5.74) is 1.54. The molecular formula is C14H17N3O3S. The monoisotopic (exact) mass is 307 g/mol.